The van der Waals surface area contributed by atoms with Gasteiger partial charge in [-0.2, -0.15) is 0 Å². The van der Waals surface area contributed by atoms with Crippen LogP contribution in [-0.4, -0.2) is 96.7 Å². The van der Waals surface area contributed by atoms with E-state index in [0.29, 0.717) is 31.6 Å². The molecule has 0 aliphatic heterocycles. The molecule has 0 aromatic rings. The first kappa shape index (κ1) is 88.1. The van der Waals surface area contributed by atoms with Crippen molar-refractivity contribution in [2.45, 2.75) is 375 Å². The van der Waals surface area contributed by atoms with Gasteiger partial charge in [0, 0.05) is 25.7 Å². The zero-order chi connectivity index (χ0) is 66.6. The third kappa shape index (κ3) is 63.5. The summed E-state index contributed by atoms with van der Waals surface area (Å²) in [5.41, 5.74) is 0. The third-order valence-corrected chi connectivity index (χ3v) is 18.6. The van der Waals surface area contributed by atoms with E-state index in [-0.39, 0.29) is 25.7 Å². The number of hydrogen-bond acceptors (Lipinski definition) is 15. The summed E-state index contributed by atoms with van der Waals surface area (Å²) in [6.45, 7) is 11.7. The van der Waals surface area contributed by atoms with Crippen molar-refractivity contribution in [2.24, 2.45) is 17.8 Å². The summed E-state index contributed by atoms with van der Waals surface area (Å²) in [6.07, 6.45) is 46.0. The highest BCUT2D eigenvalue weighted by atomic mass is 31.2. The lowest BCUT2D eigenvalue weighted by Crippen LogP contribution is -2.30. The van der Waals surface area contributed by atoms with Crippen molar-refractivity contribution >= 4 is 39.5 Å². The van der Waals surface area contributed by atoms with Crippen molar-refractivity contribution in [3.8, 4) is 0 Å². The van der Waals surface area contributed by atoms with Crippen molar-refractivity contribution in [1.82, 2.24) is 0 Å². The molecule has 0 amide bonds. The summed E-state index contributed by atoms with van der Waals surface area (Å²) in [6, 6.07) is 0. The van der Waals surface area contributed by atoms with Gasteiger partial charge in [-0.15, -0.1) is 0 Å². The Morgan fingerprint density at radius 3 is 0.844 bits per heavy atom. The molecule has 534 valence electrons. The molecule has 0 heterocycles. The van der Waals surface area contributed by atoms with Crippen LogP contribution in [0, 0.1) is 17.8 Å². The Morgan fingerprint density at radius 2 is 0.567 bits per heavy atom. The maximum Gasteiger partial charge on any atom is 0.472 e. The van der Waals surface area contributed by atoms with E-state index in [9.17, 15) is 43.2 Å². The minimum Gasteiger partial charge on any atom is -0.462 e. The molecule has 0 aliphatic carbocycles. The lowest BCUT2D eigenvalue weighted by Gasteiger charge is -2.21. The first-order chi connectivity index (χ1) is 43.3. The molecule has 0 saturated heterocycles. The van der Waals surface area contributed by atoms with Crippen LogP contribution in [0.1, 0.15) is 357 Å². The Bertz CT molecular complexity index is 1770. The average molecular weight is 1330 g/mol. The van der Waals surface area contributed by atoms with Crippen molar-refractivity contribution in [3.05, 3.63) is 0 Å². The van der Waals surface area contributed by atoms with Gasteiger partial charge in [-0.25, -0.2) is 9.13 Å². The van der Waals surface area contributed by atoms with Gasteiger partial charge in [-0.3, -0.25) is 37.3 Å². The molecule has 0 saturated carbocycles. The Labute approximate surface area is 549 Å². The quantitative estimate of drug-likeness (QED) is 0.0222. The van der Waals surface area contributed by atoms with Crippen molar-refractivity contribution in [1.29, 1.82) is 0 Å². The Hall–Kier alpha value is -1.94. The Balaban J connectivity index is 5.22. The molecule has 3 unspecified atom stereocenters. The molecule has 0 aliphatic rings. The summed E-state index contributed by atoms with van der Waals surface area (Å²) in [5.74, 6) is 0.0415. The fourth-order valence-electron chi connectivity index (χ4n) is 10.7. The van der Waals surface area contributed by atoms with E-state index in [4.69, 9.17) is 37.0 Å². The maximum absolute atomic E-state index is 13.0. The van der Waals surface area contributed by atoms with Gasteiger partial charge in [0.15, 0.2) is 12.2 Å². The fourth-order valence-corrected chi connectivity index (χ4v) is 12.3. The number of ether oxygens (including phenoxy) is 4. The molecule has 3 N–H and O–H groups in total. The van der Waals surface area contributed by atoms with Gasteiger partial charge in [0.05, 0.1) is 26.4 Å². The van der Waals surface area contributed by atoms with Crippen molar-refractivity contribution in [3.63, 3.8) is 0 Å². The number of unbranched alkanes of at least 4 members (excludes halogenated alkanes) is 36. The standard InChI is InChI=1S/C71H138O17P2/c1-8-10-11-12-13-14-15-16-17-18-19-20-21-22-25-31-40-47-54-70(75)87-66(58-81-68(73)52-45-38-30-26-23-24-28-35-42-49-62(3)4)60-85-89(77,78)83-56-65(72)57-84-90(79,80)86-61-67(88-71(76)55-48-41-32-27-29-36-43-50-63(5)6)59-82-69(74)53-46-39-34-33-37-44-51-64(7)9-2/h62-67,72H,8-61H2,1-7H3,(H,77,78)(H,79,80)/t64?,65-,66-,67-/m1/s1. The molecule has 0 aromatic heterocycles. The van der Waals surface area contributed by atoms with E-state index in [1.54, 1.807) is 0 Å². The van der Waals surface area contributed by atoms with E-state index in [2.05, 4.69) is 48.5 Å². The highest BCUT2D eigenvalue weighted by molar-refractivity contribution is 7.47. The first-order valence-corrected chi connectivity index (χ1v) is 39.9. The number of carbonyl (C=O) groups is 4. The van der Waals surface area contributed by atoms with Crippen LogP contribution >= 0.6 is 15.6 Å². The molecule has 90 heavy (non-hydrogen) atoms. The summed E-state index contributed by atoms with van der Waals surface area (Å²) in [7, 11) is -9.90. The zero-order valence-corrected chi connectivity index (χ0v) is 60.4. The zero-order valence-electron chi connectivity index (χ0n) is 58.6. The number of aliphatic hydroxyl groups is 1. The van der Waals surface area contributed by atoms with Crippen LogP contribution in [-0.2, 0) is 65.4 Å². The van der Waals surface area contributed by atoms with Crippen LogP contribution in [0.3, 0.4) is 0 Å². The second-order valence-electron chi connectivity index (χ2n) is 26.8. The van der Waals surface area contributed by atoms with Crippen LogP contribution in [0.4, 0.5) is 0 Å². The number of aliphatic hydroxyl groups excluding tert-OH is 1. The summed E-state index contributed by atoms with van der Waals surface area (Å²) in [4.78, 5) is 72.5. The summed E-state index contributed by atoms with van der Waals surface area (Å²) < 4.78 is 68.3. The van der Waals surface area contributed by atoms with Crippen LogP contribution in [0.2, 0.25) is 0 Å². The predicted octanol–water partition coefficient (Wildman–Crippen LogP) is 20.2. The lowest BCUT2D eigenvalue weighted by molar-refractivity contribution is -0.161. The first-order valence-electron chi connectivity index (χ1n) is 36.9. The fraction of sp³-hybridized carbons (Fsp3) is 0.944. The molecule has 19 heteroatoms. The summed E-state index contributed by atoms with van der Waals surface area (Å²) >= 11 is 0. The molecular formula is C71H138O17P2. The SMILES string of the molecule is CCCCCCCCCCCCCCCCCCCCC(=O)O[C@H](COC(=O)CCCCCCCCCCCC(C)C)COP(=O)(O)OC[C@@H](O)COP(=O)(O)OC[C@@H](COC(=O)CCCCCCCCC(C)CC)OC(=O)CCCCCCCCCC(C)C. The number of rotatable bonds is 69. The Morgan fingerprint density at radius 1 is 0.322 bits per heavy atom. The van der Waals surface area contributed by atoms with Crippen molar-refractivity contribution < 1.29 is 80.2 Å². The number of phosphoric ester groups is 2. The van der Waals surface area contributed by atoms with Gasteiger partial charge in [0.2, 0.25) is 0 Å². The van der Waals surface area contributed by atoms with Gasteiger partial charge in [0.1, 0.15) is 19.3 Å². The Kier molecular flexibility index (Phi) is 60.6. The minimum absolute atomic E-state index is 0.102. The van der Waals surface area contributed by atoms with Gasteiger partial charge >= 0.3 is 39.5 Å². The van der Waals surface area contributed by atoms with E-state index >= 15 is 0 Å². The van der Waals surface area contributed by atoms with E-state index in [0.717, 1.165) is 108 Å². The molecule has 0 radical (unpaired) electrons. The van der Waals surface area contributed by atoms with Gasteiger partial charge in [-0.05, 0) is 43.4 Å². The predicted molar refractivity (Wildman–Crippen MR) is 363 cm³/mol. The molecule has 0 rings (SSSR count). The van der Waals surface area contributed by atoms with Crippen LogP contribution in [0.15, 0.2) is 0 Å². The second-order valence-corrected chi connectivity index (χ2v) is 29.7. The van der Waals surface area contributed by atoms with Gasteiger partial charge in [-0.1, -0.05) is 305 Å². The molecule has 17 nitrogen and oxygen atoms in total. The smallest absolute Gasteiger partial charge is 0.462 e. The average Bonchev–Trinajstić information content (AvgIpc) is 3.70. The third-order valence-electron chi connectivity index (χ3n) is 16.7. The molecule has 0 bridgehead atoms. The van der Waals surface area contributed by atoms with E-state index in [1.165, 1.54) is 161 Å². The molecule has 0 spiro atoms. The highest BCUT2D eigenvalue weighted by Gasteiger charge is 2.30. The molecule has 0 aromatic carbocycles. The number of hydrogen-bond donors (Lipinski definition) is 3. The molecule has 6 atom stereocenters. The van der Waals surface area contributed by atoms with Gasteiger partial charge in [0.25, 0.3) is 0 Å². The van der Waals surface area contributed by atoms with E-state index < -0.39 is 97.5 Å². The topological polar surface area (TPSA) is 237 Å². The van der Waals surface area contributed by atoms with Crippen LogP contribution in [0.5, 0.6) is 0 Å². The lowest BCUT2D eigenvalue weighted by atomic mass is 10.00. The largest absolute Gasteiger partial charge is 0.472 e. The highest BCUT2D eigenvalue weighted by Crippen LogP contribution is 2.45. The molecular weight excluding hydrogens is 1190 g/mol. The molecule has 0 fully saturated rings. The monoisotopic (exact) mass is 1320 g/mol. The van der Waals surface area contributed by atoms with Crippen molar-refractivity contribution in [2.75, 3.05) is 39.6 Å². The number of carbonyl (C=O) groups excluding carboxylic acids is 4. The van der Waals surface area contributed by atoms with E-state index in [1.807, 2.05) is 0 Å². The minimum atomic E-state index is -4.95. The maximum atomic E-state index is 13.0. The summed E-state index contributed by atoms with van der Waals surface area (Å²) in [5, 5.41) is 10.6. The second kappa shape index (κ2) is 61.9. The van der Waals surface area contributed by atoms with Gasteiger partial charge < -0.3 is 33.8 Å². The van der Waals surface area contributed by atoms with Crippen LogP contribution < -0.4 is 0 Å². The number of esters is 4. The van der Waals surface area contributed by atoms with Crippen LogP contribution in [0.25, 0.3) is 0 Å². The number of phosphoric acid groups is 2. The normalized spacial score (nSPS) is 14.5.